The van der Waals surface area contributed by atoms with Gasteiger partial charge in [-0.25, -0.2) is 9.97 Å². The number of pyridine rings is 1. The number of nitrogens with zero attached hydrogens (tertiary/aromatic N) is 3. The Kier molecular flexibility index (Phi) is 2.58. The van der Waals surface area contributed by atoms with Crippen LogP contribution in [-0.2, 0) is 6.42 Å². The zero-order chi connectivity index (χ0) is 10.7. The van der Waals surface area contributed by atoms with Crippen LogP contribution < -0.4 is 5.73 Å². The maximum absolute atomic E-state index is 5.64. The lowest BCUT2D eigenvalue weighted by molar-refractivity contribution is 0.921. The van der Waals surface area contributed by atoms with Crippen molar-refractivity contribution in [2.75, 3.05) is 5.73 Å². The van der Waals surface area contributed by atoms with E-state index in [1.807, 2.05) is 25.1 Å². The molecular weight excluding hydrogens is 188 g/mol. The number of nitrogen functional groups attached to an aromatic ring is 1. The predicted octanol–water partition coefficient (Wildman–Crippen LogP) is 1.35. The fraction of sp³-hybridized carbons (Fsp3) is 0.182. The van der Waals surface area contributed by atoms with Gasteiger partial charge >= 0.3 is 0 Å². The molecule has 0 spiro atoms. The van der Waals surface area contributed by atoms with Gasteiger partial charge in [0, 0.05) is 23.7 Å². The number of anilines is 1. The summed E-state index contributed by atoms with van der Waals surface area (Å²) in [6.07, 6.45) is 2.38. The van der Waals surface area contributed by atoms with E-state index in [1.54, 1.807) is 12.3 Å². The third-order valence-electron chi connectivity index (χ3n) is 1.99. The zero-order valence-electron chi connectivity index (χ0n) is 8.51. The van der Waals surface area contributed by atoms with Crippen LogP contribution in [0.2, 0.25) is 0 Å². The van der Waals surface area contributed by atoms with Crippen LogP contribution in [0, 0.1) is 6.92 Å². The lowest BCUT2D eigenvalue weighted by atomic mass is 10.2. The molecule has 0 saturated heterocycles. The van der Waals surface area contributed by atoms with Crippen LogP contribution in [0.1, 0.15) is 17.2 Å². The molecule has 2 aromatic heterocycles. The molecule has 0 aromatic carbocycles. The first-order chi connectivity index (χ1) is 7.24. The summed E-state index contributed by atoms with van der Waals surface area (Å²) < 4.78 is 0. The van der Waals surface area contributed by atoms with E-state index in [0.717, 1.165) is 11.4 Å². The van der Waals surface area contributed by atoms with Gasteiger partial charge in [-0.2, -0.15) is 0 Å². The molecular formula is C11H12N4. The second-order valence-electron chi connectivity index (χ2n) is 3.35. The second kappa shape index (κ2) is 4.04. The second-order valence-corrected chi connectivity index (χ2v) is 3.35. The zero-order valence-corrected chi connectivity index (χ0v) is 8.51. The molecule has 0 amide bonds. The van der Waals surface area contributed by atoms with Crippen molar-refractivity contribution >= 4 is 5.82 Å². The average Bonchev–Trinajstić information content (AvgIpc) is 2.17. The monoisotopic (exact) mass is 200 g/mol. The summed E-state index contributed by atoms with van der Waals surface area (Å²) in [4.78, 5) is 12.7. The molecule has 2 N–H and O–H groups in total. The third kappa shape index (κ3) is 2.49. The van der Waals surface area contributed by atoms with Crippen LogP contribution in [0.15, 0.2) is 30.5 Å². The number of rotatable bonds is 2. The minimum atomic E-state index is 0.508. The van der Waals surface area contributed by atoms with Crippen molar-refractivity contribution in [1.29, 1.82) is 0 Å². The summed E-state index contributed by atoms with van der Waals surface area (Å²) in [5.74, 6) is 1.22. The van der Waals surface area contributed by atoms with Crippen molar-refractivity contribution in [3.8, 4) is 0 Å². The first-order valence-electron chi connectivity index (χ1n) is 4.74. The fourth-order valence-corrected chi connectivity index (χ4v) is 1.40. The standard InChI is InChI=1S/C11H12N4/c1-8-6-10(12)15-11(14-8)7-9-4-2-3-5-13-9/h2-6H,7H2,1H3,(H2,12,14,15). The van der Waals surface area contributed by atoms with Crippen LogP contribution >= 0.6 is 0 Å². The van der Waals surface area contributed by atoms with Gasteiger partial charge in [-0.1, -0.05) is 6.07 Å². The molecule has 0 bridgehead atoms. The summed E-state index contributed by atoms with van der Waals surface area (Å²) in [5.41, 5.74) is 7.47. The molecule has 2 rings (SSSR count). The highest BCUT2D eigenvalue weighted by Gasteiger charge is 2.01. The van der Waals surface area contributed by atoms with Gasteiger partial charge < -0.3 is 5.73 Å². The molecule has 0 aliphatic carbocycles. The molecule has 4 nitrogen and oxygen atoms in total. The minimum absolute atomic E-state index is 0.508. The van der Waals surface area contributed by atoms with E-state index in [-0.39, 0.29) is 0 Å². The van der Waals surface area contributed by atoms with Crippen molar-refractivity contribution in [1.82, 2.24) is 15.0 Å². The maximum atomic E-state index is 5.64. The molecule has 2 heterocycles. The Morgan fingerprint density at radius 2 is 2.13 bits per heavy atom. The van der Waals surface area contributed by atoms with Crippen LogP contribution in [0.5, 0.6) is 0 Å². The molecule has 0 unspecified atom stereocenters. The number of hydrogen-bond acceptors (Lipinski definition) is 4. The number of aromatic nitrogens is 3. The van der Waals surface area contributed by atoms with E-state index < -0.39 is 0 Å². The molecule has 0 radical (unpaired) electrons. The van der Waals surface area contributed by atoms with Gasteiger partial charge in [0.05, 0.1) is 6.42 Å². The van der Waals surface area contributed by atoms with Crippen molar-refractivity contribution < 1.29 is 0 Å². The topological polar surface area (TPSA) is 64.7 Å². The summed E-state index contributed by atoms with van der Waals surface area (Å²) >= 11 is 0. The lowest BCUT2D eigenvalue weighted by Crippen LogP contribution is -2.02. The van der Waals surface area contributed by atoms with Gasteiger partial charge in [0.2, 0.25) is 0 Å². The Balaban J connectivity index is 2.25. The summed E-state index contributed by atoms with van der Waals surface area (Å²) in [7, 11) is 0. The molecule has 0 saturated carbocycles. The minimum Gasteiger partial charge on any atom is -0.384 e. The van der Waals surface area contributed by atoms with E-state index in [1.165, 1.54) is 0 Å². The Hall–Kier alpha value is -1.97. The maximum Gasteiger partial charge on any atom is 0.136 e. The molecule has 15 heavy (non-hydrogen) atoms. The largest absolute Gasteiger partial charge is 0.384 e. The van der Waals surface area contributed by atoms with E-state index in [4.69, 9.17) is 5.73 Å². The Labute approximate surface area is 88.2 Å². The Bertz CT molecular complexity index is 433. The highest BCUT2D eigenvalue weighted by Crippen LogP contribution is 2.06. The van der Waals surface area contributed by atoms with Gasteiger partial charge in [0.25, 0.3) is 0 Å². The average molecular weight is 200 g/mol. The molecule has 76 valence electrons. The highest BCUT2D eigenvalue weighted by atomic mass is 14.9. The molecule has 4 heteroatoms. The van der Waals surface area contributed by atoms with Crippen LogP contribution in [0.3, 0.4) is 0 Å². The lowest BCUT2D eigenvalue weighted by Gasteiger charge is -2.02. The molecule has 0 fully saturated rings. The van der Waals surface area contributed by atoms with E-state index >= 15 is 0 Å². The number of aryl methyl sites for hydroxylation is 1. The highest BCUT2D eigenvalue weighted by molar-refractivity contribution is 5.30. The Morgan fingerprint density at radius 1 is 1.27 bits per heavy atom. The smallest absolute Gasteiger partial charge is 0.136 e. The first-order valence-corrected chi connectivity index (χ1v) is 4.74. The molecule has 0 aliphatic rings. The quantitative estimate of drug-likeness (QED) is 0.794. The fourth-order valence-electron chi connectivity index (χ4n) is 1.40. The van der Waals surface area contributed by atoms with Gasteiger partial charge in [0.15, 0.2) is 0 Å². The van der Waals surface area contributed by atoms with Gasteiger partial charge in [-0.15, -0.1) is 0 Å². The summed E-state index contributed by atoms with van der Waals surface area (Å²) in [6.45, 7) is 1.90. The van der Waals surface area contributed by atoms with Gasteiger partial charge in [0.1, 0.15) is 11.6 Å². The van der Waals surface area contributed by atoms with Crippen LogP contribution in [-0.4, -0.2) is 15.0 Å². The van der Waals surface area contributed by atoms with Crippen molar-refractivity contribution in [3.63, 3.8) is 0 Å². The normalized spacial score (nSPS) is 10.2. The molecule has 0 aliphatic heterocycles. The van der Waals surface area contributed by atoms with Crippen molar-refractivity contribution in [2.24, 2.45) is 0 Å². The molecule has 2 aromatic rings. The van der Waals surface area contributed by atoms with E-state index in [0.29, 0.717) is 18.1 Å². The SMILES string of the molecule is Cc1cc(N)nc(Cc2ccccn2)n1. The van der Waals surface area contributed by atoms with Crippen LogP contribution in [0.4, 0.5) is 5.82 Å². The number of nitrogens with two attached hydrogens (primary N) is 1. The Morgan fingerprint density at radius 3 is 2.80 bits per heavy atom. The first kappa shape index (κ1) is 9.58. The van der Waals surface area contributed by atoms with Crippen molar-refractivity contribution in [3.05, 3.63) is 47.7 Å². The van der Waals surface area contributed by atoms with Gasteiger partial charge in [-0.3, -0.25) is 4.98 Å². The summed E-state index contributed by atoms with van der Waals surface area (Å²) in [6, 6.07) is 7.53. The van der Waals surface area contributed by atoms with E-state index in [9.17, 15) is 0 Å². The van der Waals surface area contributed by atoms with Crippen LogP contribution in [0.25, 0.3) is 0 Å². The van der Waals surface area contributed by atoms with Crippen molar-refractivity contribution in [2.45, 2.75) is 13.3 Å². The third-order valence-corrected chi connectivity index (χ3v) is 1.99. The number of hydrogen-bond donors (Lipinski definition) is 1. The van der Waals surface area contributed by atoms with Gasteiger partial charge in [-0.05, 0) is 19.1 Å². The summed E-state index contributed by atoms with van der Waals surface area (Å²) in [5, 5.41) is 0. The predicted molar refractivity (Wildman–Crippen MR) is 58.2 cm³/mol. The molecule has 0 atom stereocenters. The van der Waals surface area contributed by atoms with E-state index in [2.05, 4.69) is 15.0 Å².